The number of piperidine rings is 1. The number of hydrogen-bond acceptors (Lipinski definition) is 3. The summed E-state index contributed by atoms with van der Waals surface area (Å²) in [5, 5.41) is 9.42. The van der Waals surface area contributed by atoms with Crippen molar-refractivity contribution in [1.29, 1.82) is 0 Å². The fourth-order valence-corrected chi connectivity index (χ4v) is 4.63. The van der Waals surface area contributed by atoms with Crippen LogP contribution in [0.25, 0.3) is 11.1 Å². The van der Waals surface area contributed by atoms with Gasteiger partial charge in [0.2, 0.25) is 5.91 Å². The molecule has 0 aromatic heterocycles. The summed E-state index contributed by atoms with van der Waals surface area (Å²) >= 11 is 0. The molecule has 4 rings (SSSR count). The predicted molar refractivity (Wildman–Crippen MR) is 108 cm³/mol. The number of nitrogens with zero attached hydrogens (tertiary/aromatic N) is 2. The van der Waals surface area contributed by atoms with Gasteiger partial charge in [0.1, 0.15) is 5.75 Å². The van der Waals surface area contributed by atoms with Crippen LogP contribution in [0, 0.1) is 11.8 Å². The highest BCUT2D eigenvalue weighted by Crippen LogP contribution is 2.40. The maximum atomic E-state index is 13.0. The van der Waals surface area contributed by atoms with Gasteiger partial charge in [0.25, 0.3) is 5.91 Å². The van der Waals surface area contributed by atoms with Gasteiger partial charge in [-0.1, -0.05) is 24.3 Å². The fraction of sp³-hybridized carbons (Fsp3) is 0.391. The van der Waals surface area contributed by atoms with Crippen LogP contribution in [0.4, 0.5) is 0 Å². The highest BCUT2D eigenvalue weighted by atomic mass is 16.3. The average molecular weight is 378 g/mol. The third kappa shape index (κ3) is 3.49. The lowest BCUT2D eigenvalue weighted by atomic mass is 9.88. The van der Waals surface area contributed by atoms with E-state index in [4.69, 9.17) is 0 Å². The molecule has 2 aliphatic rings. The van der Waals surface area contributed by atoms with Gasteiger partial charge in [-0.25, -0.2) is 0 Å². The van der Waals surface area contributed by atoms with Crippen LogP contribution in [-0.4, -0.2) is 53.4 Å². The number of carbonyl (C=O) groups is 2. The zero-order chi connectivity index (χ0) is 19.8. The molecule has 2 aromatic carbocycles. The molecule has 146 valence electrons. The fourth-order valence-electron chi connectivity index (χ4n) is 4.63. The Hall–Kier alpha value is -2.82. The normalized spacial score (nSPS) is 24.1. The molecule has 0 spiro atoms. The molecule has 5 heteroatoms. The zero-order valence-electron chi connectivity index (χ0n) is 16.3. The van der Waals surface area contributed by atoms with E-state index in [1.807, 2.05) is 60.3 Å². The van der Waals surface area contributed by atoms with Crippen molar-refractivity contribution < 1.29 is 14.7 Å². The lowest BCUT2D eigenvalue weighted by Crippen LogP contribution is -2.39. The second-order valence-corrected chi connectivity index (χ2v) is 8.16. The molecule has 1 N–H and O–H groups in total. The van der Waals surface area contributed by atoms with E-state index in [2.05, 4.69) is 0 Å². The Morgan fingerprint density at radius 1 is 1.00 bits per heavy atom. The van der Waals surface area contributed by atoms with Crippen molar-refractivity contribution in [1.82, 2.24) is 9.80 Å². The van der Waals surface area contributed by atoms with Crippen molar-refractivity contribution in [2.45, 2.75) is 25.3 Å². The number of aromatic hydroxyl groups is 1. The summed E-state index contributed by atoms with van der Waals surface area (Å²) in [6, 6.07) is 14.8. The lowest BCUT2D eigenvalue weighted by Gasteiger charge is -2.31. The molecule has 2 amide bonds. The van der Waals surface area contributed by atoms with Crippen molar-refractivity contribution in [2.75, 3.05) is 20.6 Å². The summed E-state index contributed by atoms with van der Waals surface area (Å²) in [7, 11) is 3.75. The van der Waals surface area contributed by atoms with E-state index in [1.54, 1.807) is 12.1 Å². The van der Waals surface area contributed by atoms with Crippen molar-refractivity contribution in [3.63, 3.8) is 0 Å². The van der Waals surface area contributed by atoms with E-state index in [1.165, 1.54) is 0 Å². The molecule has 1 aliphatic carbocycles. The van der Waals surface area contributed by atoms with Gasteiger partial charge in [-0.05, 0) is 60.1 Å². The number of phenols is 1. The number of benzene rings is 2. The number of rotatable bonds is 3. The molecule has 0 radical (unpaired) electrons. The largest absolute Gasteiger partial charge is 0.508 e. The molecule has 1 saturated heterocycles. The van der Waals surface area contributed by atoms with Gasteiger partial charge in [0, 0.05) is 38.7 Å². The standard InChI is InChI=1S/C23H26N2O3/c1-24-14-19-12-20(11-18(19)13-22(24)27)25(2)23(28)17-5-3-15(4-6-17)16-7-9-21(26)10-8-16/h3-10,18-20,26H,11-14H2,1-2H3/t18-,19+,20-/m1/s1. The Morgan fingerprint density at radius 3 is 2.21 bits per heavy atom. The summed E-state index contributed by atoms with van der Waals surface area (Å²) in [4.78, 5) is 28.6. The Labute approximate surface area is 165 Å². The Morgan fingerprint density at radius 2 is 1.57 bits per heavy atom. The average Bonchev–Trinajstić information content (AvgIpc) is 3.10. The SMILES string of the molecule is CN1C[C@@H]2C[C@H](N(C)C(=O)c3ccc(-c4ccc(O)cc4)cc3)C[C@@H]2CC1=O. The molecule has 5 nitrogen and oxygen atoms in total. The molecule has 0 bridgehead atoms. The summed E-state index contributed by atoms with van der Waals surface area (Å²) in [5.74, 6) is 1.39. The topological polar surface area (TPSA) is 60.9 Å². The molecule has 28 heavy (non-hydrogen) atoms. The van der Waals surface area contributed by atoms with Crippen LogP contribution in [0.1, 0.15) is 29.6 Å². The van der Waals surface area contributed by atoms with Crippen LogP contribution in [0.5, 0.6) is 5.75 Å². The maximum absolute atomic E-state index is 13.0. The summed E-state index contributed by atoms with van der Waals surface area (Å²) in [6.07, 6.45) is 2.50. The molecular weight excluding hydrogens is 352 g/mol. The first-order chi connectivity index (χ1) is 13.4. The second kappa shape index (κ2) is 7.30. The van der Waals surface area contributed by atoms with Crippen LogP contribution in [0.15, 0.2) is 48.5 Å². The molecule has 1 saturated carbocycles. The highest BCUT2D eigenvalue weighted by Gasteiger charge is 2.42. The summed E-state index contributed by atoms with van der Waals surface area (Å²) < 4.78 is 0. The van der Waals surface area contributed by atoms with Gasteiger partial charge in [-0.2, -0.15) is 0 Å². The van der Waals surface area contributed by atoms with Crippen LogP contribution >= 0.6 is 0 Å². The number of amides is 2. The van der Waals surface area contributed by atoms with Crippen molar-refractivity contribution in [3.05, 3.63) is 54.1 Å². The third-order valence-electron chi connectivity index (χ3n) is 6.39. The predicted octanol–water partition coefficient (Wildman–Crippen LogP) is 3.39. The minimum Gasteiger partial charge on any atom is -0.508 e. The van der Waals surface area contributed by atoms with Crippen molar-refractivity contribution in [3.8, 4) is 16.9 Å². The molecule has 2 fully saturated rings. The molecule has 3 atom stereocenters. The smallest absolute Gasteiger partial charge is 0.253 e. The Balaban J connectivity index is 1.44. The molecule has 1 heterocycles. The summed E-state index contributed by atoms with van der Waals surface area (Å²) in [6.45, 7) is 0.809. The van der Waals surface area contributed by atoms with Gasteiger partial charge >= 0.3 is 0 Å². The monoisotopic (exact) mass is 378 g/mol. The van der Waals surface area contributed by atoms with Crippen molar-refractivity contribution >= 4 is 11.8 Å². The number of phenolic OH excluding ortho intramolecular Hbond substituents is 1. The Kier molecular flexibility index (Phi) is 4.84. The minimum atomic E-state index is 0.0283. The number of fused-ring (bicyclic) bond motifs is 1. The van der Waals surface area contributed by atoms with Crippen LogP contribution < -0.4 is 0 Å². The minimum absolute atomic E-state index is 0.0283. The van der Waals surface area contributed by atoms with E-state index in [0.29, 0.717) is 23.8 Å². The van der Waals surface area contributed by atoms with E-state index in [-0.39, 0.29) is 23.6 Å². The van der Waals surface area contributed by atoms with Crippen LogP contribution in [0.3, 0.4) is 0 Å². The van der Waals surface area contributed by atoms with Gasteiger partial charge in [-0.3, -0.25) is 9.59 Å². The third-order valence-corrected chi connectivity index (χ3v) is 6.39. The van der Waals surface area contributed by atoms with E-state index >= 15 is 0 Å². The zero-order valence-corrected chi connectivity index (χ0v) is 16.3. The van der Waals surface area contributed by atoms with E-state index < -0.39 is 0 Å². The number of hydrogen-bond donors (Lipinski definition) is 1. The van der Waals surface area contributed by atoms with E-state index in [0.717, 1.165) is 30.5 Å². The van der Waals surface area contributed by atoms with Crippen molar-refractivity contribution in [2.24, 2.45) is 11.8 Å². The number of carbonyl (C=O) groups excluding carboxylic acids is 2. The van der Waals surface area contributed by atoms with Gasteiger partial charge in [0.15, 0.2) is 0 Å². The number of likely N-dealkylation sites (tertiary alicyclic amines) is 1. The highest BCUT2D eigenvalue weighted by molar-refractivity contribution is 5.94. The Bertz CT molecular complexity index is 876. The molecular formula is C23H26N2O3. The van der Waals surface area contributed by atoms with Gasteiger partial charge in [-0.15, -0.1) is 0 Å². The first-order valence-corrected chi connectivity index (χ1v) is 9.83. The van der Waals surface area contributed by atoms with Gasteiger partial charge in [0.05, 0.1) is 0 Å². The molecule has 0 unspecified atom stereocenters. The lowest BCUT2D eigenvalue weighted by molar-refractivity contribution is -0.134. The second-order valence-electron chi connectivity index (χ2n) is 8.16. The van der Waals surface area contributed by atoms with Crippen LogP contribution in [0.2, 0.25) is 0 Å². The quantitative estimate of drug-likeness (QED) is 0.891. The molecule has 2 aromatic rings. The van der Waals surface area contributed by atoms with E-state index in [9.17, 15) is 14.7 Å². The van der Waals surface area contributed by atoms with Gasteiger partial charge < -0.3 is 14.9 Å². The molecule has 1 aliphatic heterocycles. The summed E-state index contributed by atoms with van der Waals surface area (Å²) in [5.41, 5.74) is 2.68. The maximum Gasteiger partial charge on any atom is 0.253 e. The first-order valence-electron chi connectivity index (χ1n) is 9.83. The first kappa shape index (κ1) is 18.5. The van der Waals surface area contributed by atoms with Crippen LogP contribution in [-0.2, 0) is 4.79 Å².